The fourth-order valence-electron chi connectivity index (χ4n) is 4.45. The first-order chi connectivity index (χ1) is 16.2. The summed E-state index contributed by atoms with van der Waals surface area (Å²) < 4.78 is 0. The van der Waals surface area contributed by atoms with Gasteiger partial charge in [0.25, 0.3) is 5.91 Å². The summed E-state index contributed by atoms with van der Waals surface area (Å²) in [5.74, 6) is 0.799. The number of aryl methyl sites for hydroxylation is 1. The smallest absolute Gasteiger partial charge is 0.254 e. The van der Waals surface area contributed by atoms with Gasteiger partial charge in [-0.05, 0) is 61.2 Å². The van der Waals surface area contributed by atoms with E-state index in [9.17, 15) is 4.79 Å². The van der Waals surface area contributed by atoms with E-state index >= 15 is 0 Å². The monoisotopic (exact) mass is 435 g/mol. The van der Waals surface area contributed by atoms with Gasteiger partial charge in [-0.3, -0.25) is 14.8 Å². The second-order valence-corrected chi connectivity index (χ2v) is 8.35. The Morgan fingerprint density at radius 2 is 1.79 bits per heavy atom. The predicted molar refractivity (Wildman–Crippen MR) is 128 cm³/mol. The van der Waals surface area contributed by atoms with E-state index in [1.54, 1.807) is 18.6 Å². The molecule has 164 valence electrons. The number of pyridine rings is 2. The van der Waals surface area contributed by atoms with Crippen molar-refractivity contribution in [3.8, 4) is 22.6 Å². The van der Waals surface area contributed by atoms with Gasteiger partial charge in [0.1, 0.15) is 5.69 Å². The fraction of sp³-hybridized carbons (Fsp3) is 0.222. The molecular formula is C27H25N5O. The number of piperidine rings is 1. The molecule has 1 aromatic carbocycles. The summed E-state index contributed by atoms with van der Waals surface area (Å²) in [5, 5.41) is 0. The minimum Gasteiger partial charge on any atom is -0.338 e. The normalized spacial score (nSPS) is 15.9. The molecule has 5 rings (SSSR count). The third kappa shape index (κ3) is 4.37. The minimum atomic E-state index is 0.0854. The van der Waals surface area contributed by atoms with Gasteiger partial charge in [0, 0.05) is 54.9 Å². The Morgan fingerprint density at radius 1 is 0.970 bits per heavy atom. The molecule has 3 aromatic heterocycles. The number of aromatic nitrogens is 4. The zero-order chi connectivity index (χ0) is 22.6. The third-order valence-corrected chi connectivity index (χ3v) is 6.17. The Labute approximate surface area is 193 Å². The molecule has 4 heterocycles. The highest BCUT2D eigenvalue weighted by Gasteiger charge is 2.29. The van der Waals surface area contributed by atoms with E-state index in [1.165, 1.54) is 0 Å². The van der Waals surface area contributed by atoms with Gasteiger partial charge in [-0.15, -0.1) is 0 Å². The molecule has 1 aliphatic rings. The summed E-state index contributed by atoms with van der Waals surface area (Å²) in [5.41, 5.74) is 5.47. The van der Waals surface area contributed by atoms with Crippen LogP contribution in [0.15, 0.2) is 79.4 Å². The third-order valence-electron chi connectivity index (χ3n) is 6.17. The average molecular weight is 436 g/mol. The summed E-state index contributed by atoms with van der Waals surface area (Å²) in [6.45, 7) is 3.37. The summed E-state index contributed by atoms with van der Waals surface area (Å²) in [7, 11) is 0. The molecule has 0 unspecified atom stereocenters. The molecule has 6 heteroatoms. The quantitative estimate of drug-likeness (QED) is 0.455. The number of hydrogen-bond acceptors (Lipinski definition) is 5. The molecule has 0 bridgehead atoms. The maximum atomic E-state index is 13.3. The van der Waals surface area contributed by atoms with Crippen LogP contribution in [-0.4, -0.2) is 43.8 Å². The molecule has 0 N–H and O–H groups in total. The Morgan fingerprint density at radius 3 is 2.58 bits per heavy atom. The highest BCUT2D eigenvalue weighted by molar-refractivity contribution is 5.95. The van der Waals surface area contributed by atoms with Crippen molar-refractivity contribution in [1.29, 1.82) is 0 Å². The van der Waals surface area contributed by atoms with Crippen LogP contribution in [0.1, 0.15) is 40.4 Å². The van der Waals surface area contributed by atoms with Crippen LogP contribution in [0.2, 0.25) is 0 Å². The largest absolute Gasteiger partial charge is 0.338 e. The van der Waals surface area contributed by atoms with Crippen molar-refractivity contribution in [2.75, 3.05) is 13.1 Å². The van der Waals surface area contributed by atoms with Crippen LogP contribution in [0.4, 0.5) is 0 Å². The predicted octanol–water partition coefficient (Wildman–Crippen LogP) is 4.93. The van der Waals surface area contributed by atoms with Crippen LogP contribution in [-0.2, 0) is 0 Å². The zero-order valence-corrected chi connectivity index (χ0v) is 18.6. The number of carbonyl (C=O) groups is 1. The highest BCUT2D eigenvalue weighted by Crippen LogP contribution is 2.34. The van der Waals surface area contributed by atoms with E-state index in [0.29, 0.717) is 12.4 Å². The number of rotatable bonds is 4. The summed E-state index contributed by atoms with van der Waals surface area (Å²) in [4.78, 5) is 33.5. The lowest BCUT2D eigenvalue weighted by Crippen LogP contribution is -2.39. The second kappa shape index (κ2) is 9.28. The van der Waals surface area contributed by atoms with Crippen LogP contribution in [0, 0.1) is 6.92 Å². The molecule has 33 heavy (non-hydrogen) atoms. The number of carbonyl (C=O) groups excluding carboxylic acids is 1. The van der Waals surface area contributed by atoms with Gasteiger partial charge in [-0.1, -0.05) is 24.3 Å². The molecule has 0 aliphatic carbocycles. The Bertz CT molecular complexity index is 1260. The topological polar surface area (TPSA) is 71.9 Å². The van der Waals surface area contributed by atoms with Gasteiger partial charge in [-0.2, -0.15) is 0 Å². The van der Waals surface area contributed by atoms with E-state index in [2.05, 4.69) is 15.0 Å². The summed E-state index contributed by atoms with van der Waals surface area (Å²) >= 11 is 0. The van der Waals surface area contributed by atoms with Gasteiger partial charge in [0.15, 0.2) is 5.82 Å². The van der Waals surface area contributed by atoms with Crippen molar-refractivity contribution in [3.05, 3.63) is 96.2 Å². The van der Waals surface area contributed by atoms with E-state index in [-0.39, 0.29) is 11.8 Å². The lowest BCUT2D eigenvalue weighted by atomic mass is 9.89. The highest BCUT2D eigenvalue weighted by atomic mass is 16.2. The van der Waals surface area contributed by atoms with Crippen molar-refractivity contribution in [2.24, 2.45) is 0 Å². The first-order valence-corrected chi connectivity index (χ1v) is 11.2. The van der Waals surface area contributed by atoms with E-state index < -0.39 is 0 Å². The Balaban J connectivity index is 1.52. The average Bonchev–Trinajstić information content (AvgIpc) is 2.89. The molecule has 1 fully saturated rings. The summed E-state index contributed by atoms with van der Waals surface area (Å²) in [6.07, 6.45) is 9.08. The number of likely N-dealkylation sites (tertiary alicyclic amines) is 1. The van der Waals surface area contributed by atoms with Crippen molar-refractivity contribution >= 4 is 5.91 Å². The van der Waals surface area contributed by atoms with Crippen molar-refractivity contribution < 1.29 is 4.79 Å². The molecule has 0 radical (unpaired) electrons. The van der Waals surface area contributed by atoms with Gasteiger partial charge >= 0.3 is 0 Å². The minimum absolute atomic E-state index is 0.0854. The first-order valence-electron chi connectivity index (χ1n) is 11.2. The molecule has 0 spiro atoms. The van der Waals surface area contributed by atoms with Crippen LogP contribution >= 0.6 is 0 Å². The van der Waals surface area contributed by atoms with Gasteiger partial charge < -0.3 is 4.90 Å². The molecule has 4 aromatic rings. The van der Waals surface area contributed by atoms with Crippen molar-refractivity contribution in [2.45, 2.75) is 25.7 Å². The maximum absolute atomic E-state index is 13.3. The van der Waals surface area contributed by atoms with Crippen LogP contribution < -0.4 is 0 Å². The number of nitrogens with zero attached hydrogens (tertiary/aromatic N) is 5. The summed E-state index contributed by atoms with van der Waals surface area (Å²) in [6, 6.07) is 17.5. The van der Waals surface area contributed by atoms with Crippen LogP contribution in [0.5, 0.6) is 0 Å². The van der Waals surface area contributed by atoms with Gasteiger partial charge in [0.2, 0.25) is 0 Å². The molecule has 6 nitrogen and oxygen atoms in total. The van der Waals surface area contributed by atoms with E-state index in [4.69, 9.17) is 4.98 Å². The van der Waals surface area contributed by atoms with E-state index in [0.717, 1.165) is 53.0 Å². The Kier molecular flexibility index (Phi) is 5.89. The molecular weight excluding hydrogens is 410 g/mol. The van der Waals surface area contributed by atoms with Crippen molar-refractivity contribution in [1.82, 2.24) is 24.8 Å². The van der Waals surface area contributed by atoms with Gasteiger partial charge in [0.05, 0.1) is 5.69 Å². The molecule has 1 saturated heterocycles. The lowest BCUT2D eigenvalue weighted by Gasteiger charge is -2.33. The van der Waals surface area contributed by atoms with E-state index in [1.807, 2.05) is 72.6 Å². The van der Waals surface area contributed by atoms with Crippen molar-refractivity contribution in [3.63, 3.8) is 0 Å². The number of benzene rings is 1. The lowest BCUT2D eigenvalue weighted by molar-refractivity contribution is 0.0705. The molecule has 1 amide bonds. The fourth-order valence-corrected chi connectivity index (χ4v) is 4.45. The van der Waals surface area contributed by atoms with Crippen LogP contribution in [0.25, 0.3) is 22.6 Å². The standard InChI is InChI=1S/C27H25N5O/c1-19-7-2-3-9-22(19)27(33)32-16-6-8-21(18-32)25-23(20-11-14-28-15-12-20)17-30-26(31-25)24-10-4-5-13-29-24/h2-5,7,9-15,17,21H,6,8,16,18H2,1H3/t21-/m0/s1. The zero-order valence-electron chi connectivity index (χ0n) is 18.6. The maximum Gasteiger partial charge on any atom is 0.254 e. The molecule has 1 atom stereocenters. The Hall–Kier alpha value is -3.93. The number of amides is 1. The molecule has 0 saturated carbocycles. The second-order valence-electron chi connectivity index (χ2n) is 8.35. The van der Waals surface area contributed by atoms with Gasteiger partial charge in [-0.25, -0.2) is 9.97 Å². The first kappa shape index (κ1) is 20.9. The van der Waals surface area contributed by atoms with Crippen LogP contribution in [0.3, 0.4) is 0 Å². The number of hydrogen-bond donors (Lipinski definition) is 0. The molecule has 1 aliphatic heterocycles. The SMILES string of the molecule is Cc1ccccc1C(=O)N1CCC[C@H](c2nc(-c3ccccn3)ncc2-c2ccncc2)C1.